The summed E-state index contributed by atoms with van der Waals surface area (Å²) in [5, 5.41) is 0. The van der Waals surface area contributed by atoms with Crippen LogP contribution >= 0.6 is 0 Å². The number of benzene rings is 1. The van der Waals surface area contributed by atoms with Crippen LogP contribution in [0.1, 0.15) is 24.6 Å². The summed E-state index contributed by atoms with van der Waals surface area (Å²) < 4.78 is 5.15. The lowest BCUT2D eigenvalue weighted by atomic mass is 10.1. The fourth-order valence-corrected chi connectivity index (χ4v) is 2.46. The molecule has 0 saturated heterocycles. The maximum Gasteiger partial charge on any atom is 0.227 e. The molecule has 23 heavy (non-hydrogen) atoms. The molecule has 0 N–H and O–H groups in total. The summed E-state index contributed by atoms with van der Waals surface area (Å²) in [6.45, 7) is 3.58. The fourth-order valence-electron chi connectivity index (χ4n) is 2.46. The summed E-state index contributed by atoms with van der Waals surface area (Å²) in [5.74, 6) is 0.967. The van der Waals surface area contributed by atoms with E-state index in [4.69, 9.17) is 4.74 Å². The lowest BCUT2D eigenvalue weighted by molar-refractivity contribution is -0.130. The van der Waals surface area contributed by atoms with Gasteiger partial charge in [0.2, 0.25) is 5.91 Å². The molecule has 2 rings (SSSR count). The van der Waals surface area contributed by atoms with Gasteiger partial charge in [-0.2, -0.15) is 0 Å². The van der Waals surface area contributed by atoms with Gasteiger partial charge in [0.05, 0.1) is 13.5 Å². The number of aromatic nitrogens is 1. The zero-order valence-electron chi connectivity index (χ0n) is 13.9. The second kappa shape index (κ2) is 8.93. The van der Waals surface area contributed by atoms with Crippen LogP contribution in [0.5, 0.6) is 5.75 Å². The quantitative estimate of drug-likeness (QED) is 0.752. The van der Waals surface area contributed by atoms with Gasteiger partial charge in [0, 0.05) is 31.4 Å². The van der Waals surface area contributed by atoms with Crippen molar-refractivity contribution < 1.29 is 9.53 Å². The molecule has 0 aliphatic heterocycles. The molecule has 1 aromatic carbocycles. The average Bonchev–Trinajstić information content (AvgIpc) is 2.60. The Morgan fingerprint density at radius 3 is 2.52 bits per heavy atom. The van der Waals surface area contributed by atoms with Gasteiger partial charge >= 0.3 is 0 Å². The summed E-state index contributed by atoms with van der Waals surface area (Å²) in [4.78, 5) is 18.8. The van der Waals surface area contributed by atoms with E-state index >= 15 is 0 Å². The molecule has 0 unspecified atom stereocenters. The number of hydrogen-bond donors (Lipinski definition) is 0. The maximum atomic E-state index is 12.6. The molecule has 0 aliphatic carbocycles. The standard InChI is InChI=1S/C19H24N2O2/c1-3-13-21(14-11-17-6-4-5-12-20-17)19(22)15-16-7-9-18(23-2)10-8-16/h4-10,12H,3,11,13-15H2,1-2H3. The summed E-state index contributed by atoms with van der Waals surface area (Å²) in [6.07, 6.45) is 3.96. The Hall–Kier alpha value is -2.36. The SMILES string of the molecule is CCCN(CCc1ccccn1)C(=O)Cc1ccc(OC)cc1. The molecule has 4 heteroatoms. The molecule has 0 aliphatic rings. The molecule has 1 aromatic heterocycles. The van der Waals surface area contributed by atoms with Gasteiger partial charge in [0.1, 0.15) is 5.75 Å². The Morgan fingerprint density at radius 2 is 1.91 bits per heavy atom. The van der Waals surface area contributed by atoms with E-state index < -0.39 is 0 Å². The monoisotopic (exact) mass is 312 g/mol. The first-order valence-electron chi connectivity index (χ1n) is 8.03. The lowest BCUT2D eigenvalue weighted by Crippen LogP contribution is -2.34. The van der Waals surface area contributed by atoms with E-state index in [9.17, 15) is 4.79 Å². The molecule has 4 nitrogen and oxygen atoms in total. The minimum Gasteiger partial charge on any atom is -0.497 e. The van der Waals surface area contributed by atoms with Gasteiger partial charge in [0.25, 0.3) is 0 Å². The molecule has 122 valence electrons. The van der Waals surface area contributed by atoms with E-state index in [1.807, 2.05) is 47.4 Å². The zero-order chi connectivity index (χ0) is 16.5. The van der Waals surface area contributed by atoms with Crippen LogP contribution in [0.25, 0.3) is 0 Å². The topological polar surface area (TPSA) is 42.4 Å². The van der Waals surface area contributed by atoms with E-state index in [0.29, 0.717) is 13.0 Å². The lowest BCUT2D eigenvalue weighted by Gasteiger charge is -2.22. The van der Waals surface area contributed by atoms with Gasteiger partial charge in [-0.25, -0.2) is 0 Å². The largest absolute Gasteiger partial charge is 0.497 e. The average molecular weight is 312 g/mol. The first kappa shape index (κ1) is 17.0. The molecule has 0 atom stereocenters. The van der Waals surface area contributed by atoms with Crippen LogP contribution in [0.3, 0.4) is 0 Å². The summed E-state index contributed by atoms with van der Waals surface area (Å²) >= 11 is 0. The van der Waals surface area contributed by atoms with Crippen molar-refractivity contribution >= 4 is 5.91 Å². The smallest absolute Gasteiger partial charge is 0.227 e. The third-order valence-electron chi connectivity index (χ3n) is 3.72. The number of nitrogens with zero attached hydrogens (tertiary/aromatic N) is 2. The Labute approximate surface area is 138 Å². The van der Waals surface area contributed by atoms with Gasteiger partial charge in [0.15, 0.2) is 0 Å². The van der Waals surface area contributed by atoms with Crippen LogP contribution in [-0.4, -0.2) is 36.0 Å². The maximum absolute atomic E-state index is 12.6. The normalized spacial score (nSPS) is 10.3. The molecule has 0 saturated carbocycles. The number of carbonyl (C=O) groups excluding carboxylic acids is 1. The van der Waals surface area contributed by atoms with Gasteiger partial charge in [-0.15, -0.1) is 0 Å². The predicted octanol–water partition coefficient (Wildman–Crippen LogP) is 3.11. The van der Waals surface area contributed by atoms with Gasteiger partial charge in [-0.1, -0.05) is 25.1 Å². The van der Waals surface area contributed by atoms with Crippen molar-refractivity contribution in [1.82, 2.24) is 9.88 Å². The summed E-state index contributed by atoms with van der Waals surface area (Å²) in [6, 6.07) is 13.5. The molecule has 1 amide bonds. The van der Waals surface area contributed by atoms with E-state index in [-0.39, 0.29) is 5.91 Å². The van der Waals surface area contributed by atoms with E-state index in [1.54, 1.807) is 13.3 Å². The second-order valence-corrected chi connectivity index (χ2v) is 5.48. The number of hydrogen-bond acceptors (Lipinski definition) is 3. The predicted molar refractivity (Wildman–Crippen MR) is 91.5 cm³/mol. The number of amides is 1. The number of carbonyl (C=O) groups is 1. The molecule has 0 bridgehead atoms. The van der Waals surface area contributed by atoms with Gasteiger partial charge in [-0.05, 0) is 36.2 Å². The van der Waals surface area contributed by atoms with E-state index in [0.717, 1.165) is 36.4 Å². The number of ether oxygens (including phenoxy) is 1. The van der Waals surface area contributed by atoms with Crippen molar-refractivity contribution in [2.24, 2.45) is 0 Å². The third-order valence-corrected chi connectivity index (χ3v) is 3.72. The highest BCUT2D eigenvalue weighted by molar-refractivity contribution is 5.78. The molecule has 0 fully saturated rings. The molecule has 2 aromatic rings. The summed E-state index contributed by atoms with van der Waals surface area (Å²) in [7, 11) is 1.64. The highest BCUT2D eigenvalue weighted by Crippen LogP contribution is 2.13. The van der Waals surface area contributed by atoms with Gasteiger partial charge < -0.3 is 9.64 Å². The second-order valence-electron chi connectivity index (χ2n) is 5.48. The third kappa shape index (κ3) is 5.40. The first-order valence-corrected chi connectivity index (χ1v) is 8.03. The van der Waals surface area contributed by atoms with E-state index in [1.165, 1.54) is 0 Å². The number of rotatable bonds is 8. The van der Waals surface area contributed by atoms with Crippen LogP contribution in [0, 0.1) is 0 Å². The summed E-state index contributed by atoms with van der Waals surface area (Å²) in [5.41, 5.74) is 2.03. The van der Waals surface area contributed by atoms with Crippen molar-refractivity contribution in [3.63, 3.8) is 0 Å². The van der Waals surface area contributed by atoms with Crippen LogP contribution in [-0.2, 0) is 17.6 Å². The van der Waals surface area contributed by atoms with Crippen LogP contribution < -0.4 is 4.74 Å². The van der Waals surface area contributed by atoms with Crippen LogP contribution in [0.2, 0.25) is 0 Å². The highest BCUT2D eigenvalue weighted by atomic mass is 16.5. The minimum atomic E-state index is 0.160. The molecule has 0 radical (unpaired) electrons. The highest BCUT2D eigenvalue weighted by Gasteiger charge is 2.13. The van der Waals surface area contributed by atoms with Crippen molar-refractivity contribution in [1.29, 1.82) is 0 Å². The molecule has 0 spiro atoms. The Morgan fingerprint density at radius 1 is 1.13 bits per heavy atom. The number of pyridine rings is 1. The molecular weight excluding hydrogens is 288 g/mol. The van der Waals surface area contributed by atoms with E-state index in [2.05, 4.69) is 11.9 Å². The first-order chi connectivity index (χ1) is 11.2. The molecular formula is C19H24N2O2. The minimum absolute atomic E-state index is 0.160. The van der Waals surface area contributed by atoms with Crippen molar-refractivity contribution in [3.05, 3.63) is 59.9 Å². The Kier molecular flexibility index (Phi) is 6.60. The fraction of sp³-hybridized carbons (Fsp3) is 0.368. The van der Waals surface area contributed by atoms with Gasteiger partial charge in [-0.3, -0.25) is 9.78 Å². The van der Waals surface area contributed by atoms with Crippen LogP contribution in [0.4, 0.5) is 0 Å². The Bertz CT molecular complexity index is 597. The zero-order valence-corrected chi connectivity index (χ0v) is 13.9. The van der Waals surface area contributed by atoms with Crippen LogP contribution in [0.15, 0.2) is 48.7 Å². The van der Waals surface area contributed by atoms with Crippen molar-refractivity contribution in [2.75, 3.05) is 20.2 Å². The molecule has 1 heterocycles. The number of methoxy groups -OCH3 is 1. The Balaban J connectivity index is 1.94. The van der Waals surface area contributed by atoms with Crippen molar-refractivity contribution in [2.45, 2.75) is 26.2 Å². The van der Waals surface area contributed by atoms with Crippen molar-refractivity contribution in [3.8, 4) is 5.75 Å².